The average Bonchev–Trinajstić information content (AvgIpc) is 3.36. The lowest BCUT2D eigenvalue weighted by molar-refractivity contribution is 0.101. The van der Waals surface area contributed by atoms with E-state index in [1.807, 2.05) is 42.6 Å². The van der Waals surface area contributed by atoms with Crippen LogP contribution in [0.4, 0.5) is 14.6 Å². The molecule has 0 unspecified atom stereocenters. The number of carbonyl (C=O) groups is 1. The Hall–Kier alpha value is -4.37. The number of aromatic nitrogens is 4. The highest BCUT2D eigenvalue weighted by Gasteiger charge is 2.18. The number of hydrogen-bond donors (Lipinski definition) is 1. The Morgan fingerprint density at radius 2 is 1.74 bits per heavy atom. The van der Waals surface area contributed by atoms with Gasteiger partial charge in [0, 0.05) is 34.5 Å². The van der Waals surface area contributed by atoms with Crippen LogP contribution in [0, 0.1) is 18.6 Å². The van der Waals surface area contributed by atoms with Gasteiger partial charge in [-0.2, -0.15) is 0 Å². The van der Waals surface area contributed by atoms with E-state index in [1.165, 1.54) is 29.8 Å². The molecule has 1 amide bonds. The molecule has 1 N–H and O–H groups in total. The van der Waals surface area contributed by atoms with E-state index >= 15 is 0 Å². The molecule has 35 heavy (non-hydrogen) atoms. The summed E-state index contributed by atoms with van der Waals surface area (Å²) in [5, 5.41) is 5.23. The number of hydrogen-bond acceptors (Lipinski definition) is 6. The summed E-state index contributed by atoms with van der Waals surface area (Å²) in [4.78, 5) is 29.8. The highest BCUT2D eigenvalue weighted by Crippen LogP contribution is 2.32. The highest BCUT2D eigenvalue weighted by atomic mass is 32.1. The van der Waals surface area contributed by atoms with Crippen molar-refractivity contribution in [1.82, 2.24) is 19.9 Å². The first kappa shape index (κ1) is 22.4. The van der Waals surface area contributed by atoms with Crippen LogP contribution in [0.25, 0.3) is 33.1 Å². The van der Waals surface area contributed by atoms with Crippen molar-refractivity contribution < 1.29 is 13.6 Å². The fourth-order valence-corrected chi connectivity index (χ4v) is 4.34. The van der Waals surface area contributed by atoms with Gasteiger partial charge in [-0.15, -0.1) is 11.3 Å². The third kappa shape index (κ3) is 4.67. The van der Waals surface area contributed by atoms with Gasteiger partial charge in [-0.25, -0.2) is 18.7 Å². The first-order valence-corrected chi connectivity index (χ1v) is 11.4. The topological polar surface area (TPSA) is 80.7 Å². The summed E-state index contributed by atoms with van der Waals surface area (Å²) >= 11 is 1.53. The Kier molecular flexibility index (Phi) is 6.07. The maximum Gasteiger partial charge on any atom is 0.262 e. The second-order valence-corrected chi connectivity index (χ2v) is 8.51. The summed E-state index contributed by atoms with van der Waals surface area (Å²) in [6, 6.07) is 13.0. The number of anilines is 1. The molecule has 9 heteroatoms. The van der Waals surface area contributed by atoms with Crippen LogP contribution in [0.2, 0.25) is 0 Å². The first-order chi connectivity index (χ1) is 17.0. The maximum atomic E-state index is 13.9. The van der Waals surface area contributed by atoms with E-state index in [4.69, 9.17) is 4.98 Å². The van der Waals surface area contributed by atoms with E-state index in [-0.39, 0.29) is 5.82 Å². The normalized spacial score (nSPS) is 10.8. The van der Waals surface area contributed by atoms with E-state index < -0.39 is 23.1 Å². The zero-order valence-corrected chi connectivity index (χ0v) is 19.2. The first-order valence-electron chi connectivity index (χ1n) is 10.5. The summed E-state index contributed by atoms with van der Waals surface area (Å²) in [5.74, 6) is -2.76. The van der Waals surface area contributed by atoms with Crippen LogP contribution in [-0.2, 0) is 0 Å². The Balaban J connectivity index is 1.39. The molecule has 0 radical (unpaired) electrons. The Morgan fingerprint density at radius 3 is 2.46 bits per heavy atom. The SMILES string of the molecule is Cc1ccc(-c2nc(-c3cccnc3)cs2)cc1-c1cnc(NC(=O)c2c(F)cccc2F)cn1. The van der Waals surface area contributed by atoms with Crippen LogP contribution in [-0.4, -0.2) is 25.8 Å². The lowest BCUT2D eigenvalue weighted by Gasteiger charge is -2.09. The minimum atomic E-state index is -0.951. The van der Waals surface area contributed by atoms with Crippen LogP contribution in [0.1, 0.15) is 15.9 Å². The monoisotopic (exact) mass is 485 g/mol. The van der Waals surface area contributed by atoms with Crippen molar-refractivity contribution in [3.63, 3.8) is 0 Å². The molecule has 3 heterocycles. The van der Waals surface area contributed by atoms with Gasteiger partial charge in [0.2, 0.25) is 0 Å². The predicted octanol–water partition coefficient (Wildman–Crippen LogP) is 6.17. The highest BCUT2D eigenvalue weighted by molar-refractivity contribution is 7.13. The molecule has 0 fully saturated rings. The second kappa shape index (κ2) is 9.47. The number of carbonyl (C=O) groups excluding carboxylic acids is 1. The van der Waals surface area contributed by atoms with Crippen molar-refractivity contribution in [2.24, 2.45) is 0 Å². The fourth-order valence-electron chi connectivity index (χ4n) is 3.51. The summed E-state index contributed by atoms with van der Waals surface area (Å²) in [5.41, 5.74) is 4.48. The molecule has 172 valence electrons. The largest absolute Gasteiger partial charge is 0.305 e. The quantitative estimate of drug-likeness (QED) is 0.322. The number of pyridine rings is 1. The zero-order valence-electron chi connectivity index (χ0n) is 18.4. The van der Waals surface area contributed by atoms with Crippen LogP contribution in [0.3, 0.4) is 0 Å². The number of benzene rings is 2. The van der Waals surface area contributed by atoms with E-state index in [2.05, 4.69) is 20.3 Å². The van der Waals surface area contributed by atoms with Gasteiger partial charge in [0.05, 0.1) is 23.8 Å². The molecule has 2 aromatic carbocycles. The lowest BCUT2D eigenvalue weighted by atomic mass is 10.0. The number of aryl methyl sites for hydroxylation is 1. The number of nitrogens with one attached hydrogen (secondary N) is 1. The summed E-state index contributed by atoms with van der Waals surface area (Å²) in [6.07, 6.45) is 6.35. The van der Waals surface area contributed by atoms with Crippen LogP contribution < -0.4 is 5.32 Å². The minimum absolute atomic E-state index is 0.0799. The molecule has 0 atom stereocenters. The zero-order chi connectivity index (χ0) is 24.4. The molecule has 0 aliphatic heterocycles. The number of thiazole rings is 1. The summed E-state index contributed by atoms with van der Waals surface area (Å²) in [7, 11) is 0. The van der Waals surface area contributed by atoms with E-state index in [1.54, 1.807) is 12.4 Å². The Labute approximate surface area is 203 Å². The third-order valence-electron chi connectivity index (χ3n) is 5.31. The van der Waals surface area contributed by atoms with E-state index in [0.29, 0.717) is 5.69 Å². The van der Waals surface area contributed by atoms with Crippen molar-refractivity contribution in [1.29, 1.82) is 0 Å². The van der Waals surface area contributed by atoms with Gasteiger partial charge in [-0.1, -0.05) is 18.2 Å². The van der Waals surface area contributed by atoms with Crippen LogP contribution >= 0.6 is 11.3 Å². The number of amides is 1. The number of nitrogens with zero attached hydrogens (tertiary/aromatic N) is 4. The lowest BCUT2D eigenvalue weighted by Crippen LogP contribution is -2.16. The fraction of sp³-hybridized carbons (Fsp3) is 0.0385. The molecule has 0 saturated carbocycles. The molecule has 0 aliphatic rings. The molecule has 0 spiro atoms. The molecule has 6 nitrogen and oxygen atoms in total. The van der Waals surface area contributed by atoms with Gasteiger partial charge in [0.1, 0.15) is 22.2 Å². The van der Waals surface area contributed by atoms with Crippen molar-refractivity contribution in [3.8, 4) is 33.1 Å². The summed E-state index contributed by atoms with van der Waals surface area (Å²) in [6.45, 7) is 1.96. The van der Waals surface area contributed by atoms with Gasteiger partial charge < -0.3 is 5.32 Å². The van der Waals surface area contributed by atoms with E-state index in [9.17, 15) is 13.6 Å². The third-order valence-corrected chi connectivity index (χ3v) is 6.20. The molecular formula is C26H17F2N5OS. The molecule has 0 saturated heterocycles. The van der Waals surface area contributed by atoms with Gasteiger partial charge >= 0.3 is 0 Å². The number of halogens is 2. The molecule has 0 bridgehead atoms. The molecular weight excluding hydrogens is 468 g/mol. The molecule has 5 aromatic rings. The van der Waals surface area contributed by atoms with Crippen molar-refractivity contribution >= 4 is 23.1 Å². The average molecular weight is 486 g/mol. The Bertz CT molecular complexity index is 1500. The van der Waals surface area contributed by atoms with Gasteiger partial charge in [-0.05, 0) is 42.8 Å². The molecule has 5 rings (SSSR count). The summed E-state index contributed by atoms with van der Waals surface area (Å²) < 4.78 is 27.7. The van der Waals surface area contributed by atoms with Crippen molar-refractivity contribution in [3.05, 3.63) is 101 Å². The van der Waals surface area contributed by atoms with Crippen LogP contribution in [0.15, 0.2) is 78.7 Å². The van der Waals surface area contributed by atoms with Gasteiger partial charge in [0.15, 0.2) is 5.82 Å². The predicted molar refractivity (Wildman–Crippen MR) is 131 cm³/mol. The minimum Gasteiger partial charge on any atom is -0.305 e. The standard InChI is InChI=1S/C26H17F2N5OS/c1-15-7-8-16(26-32-22(14-35-26)17-4-3-9-29-11-17)10-18(15)21-12-31-23(13-30-21)33-25(34)24-19(27)5-2-6-20(24)28/h2-14H,1H3,(H,31,33,34). The molecule has 3 aromatic heterocycles. The van der Waals surface area contributed by atoms with Crippen molar-refractivity contribution in [2.75, 3.05) is 5.32 Å². The van der Waals surface area contributed by atoms with Crippen LogP contribution in [0.5, 0.6) is 0 Å². The van der Waals surface area contributed by atoms with Gasteiger partial charge in [-0.3, -0.25) is 14.8 Å². The van der Waals surface area contributed by atoms with E-state index in [0.717, 1.165) is 45.1 Å². The van der Waals surface area contributed by atoms with Crippen molar-refractivity contribution in [2.45, 2.75) is 6.92 Å². The van der Waals surface area contributed by atoms with Gasteiger partial charge in [0.25, 0.3) is 5.91 Å². The Morgan fingerprint density at radius 1 is 0.914 bits per heavy atom. The number of rotatable bonds is 5. The molecule has 0 aliphatic carbocycles. The smallest absolute Gasteiger partial charge is 0.262 e. The maximum absolute atomic E-state index is 13.9. The second-order valence-electron chi connectivity index (χ2n) is 7.65.